The number of nitrogens with one attached hydrogen (secondary N) is 1. The lowest BCUT2D eigenvalue weighted by Gasteiger charge is -2.32. The Balaban J connectivity index is 0.00000450. The highest BCUT2D eigenvalue weighted by atomic mass is 16.3. The van der Waals surface area contributed by atoms with Crippen LogP contribution in [0.25, 0.3) is 0 Å². The van der Waals surface area contributed by atoms with Gasteiger partial charge in [-0.2, -0.15) is 0 Å². The molecular formula is C26H36N2O2. The lowest BCUT2D eigenvalue weighted by atomic mass is 9.72. The van der Waals surface area contributed by atoms with Gasteiger partial charge in [0, 0.05) is 11.8 Å². The molecule has 30 heavy (non-hydrogen) atoms. The quantitative estimate of drug-likeness (QED) is 0.268. The van der Waals surface area contributed by atoms with Crippen molar-refractivity contribution in [2.45, 2.75) is 53.9 Å². The van der Waals surface area contributed by atoms with Crippen LogP contribution in [-0.4, -0.2) is 11.0 Å². The Morgan fingerprint density at radius 3 is 2.40 bits per heavy atom. The Morgan fingerprint density at radius 2 is 1.77 bits per heavy atom. The van der Waals surface area contributed by atoms with Gasteiger partial charge in [0.1, 0.15) is 5.75 Å². The van der Waals surface area contributed by atoms with Crippen LogP contribution in [0.2, 0.25) is 0 Å². The largest absolute Gasteiger partial charge is 0.508 e. The lowest BCUT2D eigenvalue weighted by molar-refractivity contribution is -0.111. The third-order valence-electron chi connectivity index (χ3n) is 5.27. The van der Waals surface area contributed by atoms with E-state index in [1.165, 1.54) is 36.0 Å². The van der Waals surface area contributed by atoms with Crippen LogP contribution in [-0.2, 0) is 4.79 Å². The van der Waals surface area contributed by atoms with Crippen molar-refractivity contribution < 1.29 is 9.90 Å². The third-order valence-corrected chi connectivity index (χ3v) is 5.27. The number of phenolic OH excluding ortho intramolecular Hbond substituents is 1. The first-order valence-electron chi connectivity index (χ1n) is 10.2. The first kappa shape index (κ1) is 25.2. The van der Waals surface area contributed by atoms with Crippen molar-refractivity contribution in [1.29, 1.82) is 0 Å². The van der Waals surface area contributed by atoms with E-state index in [0.29, 0.717) is 5.69 Å². The van der Waals surface area contributed by atoms with Gasteiger partial charge in [-0.3, -0.25) is 4.79 Å². The maximum Gasteiger partial charge on any atom is 0.248 e. The molecule has 0 fully saturated rings. The fraction of sp³-hybridized carbons (Fsp3) is 0.346. The number of hydrogen-bond acceptors (Lipinski definition) is 3. The maximum absolute atomic E-state index is 12.1. The van der Waals surface area contributed by atoms with Crippen LogP contribution in [0.15, 0.2) is 83.0 Å². The van der Waals surface area contributed by atoms with Gasteiger partial charge in [-0.15, -0.1) is 0 Å². The van der Waals surface area contributed by atoms with Crippen LogP contribution < -0.4 is 11.5 Å². The minimum Gasteiger partial charge on any atom is -0.508 e. The van der Waals surface area contributed by atoms with E-state index in [0.717, 1.165) is 5.57 Å². The summed E-state index contributed by atoms with van der Waals surface area (Å²) in [6.45, 7) is 10.9. The molecule has 0 spiro atoms. The second-order valence-electron chi connectivity index (χ2n) is 8.46. The maximum atomic E-state index is 12.1. The summed E-state index contributed by atoms with van der Waals surface area (Å²) in [6, 6.07) is 6.41. The lowest BCUT2D eigenvalue weighted by Crippen LogP contribution is -2.19. The van der Waals surface area contributed by atoms with Crippen molar-refractivity contribution in [3.63, 3.8) is 0 Å². The van der Waals surface area contributed by atoms with E-state index in [4.69, 9.17) is 0 Å². The van der Waals surface area contributed by atoms with E-state index >= 15 is 0 Å². The summed E-state index contributed by atoms with van der Waals surface area (Å²) in [5.41, 5.74) is 5.89. The van der Waals surface area contributed by atoms with Crippen molar-refractivity contribution in [2.75, 3.05) is 5.32 Å². The highest BCUT2D eigenvalue weighted by Crippen LogP contribution is 2.40. The van der Waals surface area contributed by atoms with E-state index in [1.807, 2.05) is 19.1 Å². The highest BCUT2D eigenvalue weighted by Gasteiger charge is 2.26. The molecule has 1 aliphatic rings. The van der Waals surface area contributed by atoms with Crippen molar-refractivity contribution in [3.8, 4) is 5.75 Å². The minimum absolute atomic E-state index is 0. The number of phenols is 1. The normalized spacial score (nSPS) is 17.4. The van der Waals surface area contributed by atoms with Crippen LogP contribution >= 0.6 is 0 Å². The highest BCUT2D eigenvalue weighted by molar-refractivity contribution is 5.99. The van der Waals surface area contributed by atoms with Crippen molar-refractivity contribution >= 4 is 11.6 Å². The molecule has 1 aromatic carbocycles. The minimum atomic E-state index is -0.194. The number of hydrogen-bond donors (Lipinski definition) is 3. The molecule has 0 unspecified atom stereocenters. The second-order valence-corrected chi connectivity index (χ2v) is 8.46. The third kappa shape index (κ3) is 7.88. The molecule has 0 atom stereocenters. The summed E-state index contributed by atoms with van der Waals surface area (Å²) in [6.07, 6.45) is 15.6. The van der Waals surface area contributed by atoms with Gasteiger partial charge in [0.25, 0.3) is 0 Å². The summed E-state index contributed by atoms with van der Waals surface area (Å²) < 4.78 is 0. The van der Waals surface area contributed by atoms with Gasteiger partial charge in [-0.1, -0.05) is 55.4 Å². The Labute approximate surface area is 181 Å². The van der Waals surface area contributed by atoms with Crippen LogP contribution in [0.3, 0.4) is 0 Å². The van der Waals surface area contributed by atoms with Gasteiger partial charge >= 0.3 is 0 Å². The Morgan fingerprint density at radius 1 is 1.10 bits per heavy atom. The molecule has 0 saturated carbocycles. The molecule has 0 aliphatic heterocycles. The van der Waals surface area contributed by atoms with E-state index in [9.17, 15) is 9.90 Å². The average molecular weight is 409 g/mol. The molecule has 0 saturated heterocycles. The molecule has 4 nitrogen and oxygen atoms in total. The molecule has 0 aromatic heterocycles. The number of carbonyl (C=O) groups is 1. The van der Waals surface area contributed by atoms with Gasteiger partial charge in [0.05, 0.1) is 0 Å². The van der Waals surface area contributed by atoms with Gasteiger partial charge in [0.2, 0.25) is 5.91 Å². The zero-order chi connectivity index (χ0) is 21.4. The van der Waals surface area contributed by atoms with Crippen molar-refractivity contribution in [3.05, 3.63) is 83.0 Å². The molecule has 0 radical (unpaired) electrons. The summed E-state index contributed by atoms with van der Waals surface area (Å²) in [5.74, 6) is -0.0206. The number of amides is 1. The van der Waals surface area contributed by atoms with Crippen LogP contribution in [0, 0.1) is 5.41 Å². The molecule has 1 amide bonds. The molecule has 162 valence electrons. The summed E-state index contributed by atoms with van der Waals surface area (Å²) in [4.78, 5) is 12.1. The number of anilines is 1. The van der Waals surface area contributed by atoms with Gasteiger partial charge in [-0.25, -0.2) is 0 Å². The van der Waals surface area contributed by atoms with Crippen LogP contribution in [0.5, 0.6) is 5.75 Å². The Hall–Kier alpha value is -2.85. The number of benzene rings is 1. The Bertz CT molecular complexity index is 882. The molecular weight excluding hydrogens is 372 g/mol. The molecule has 0 heterocycles. The van der Waals surface area contributed by atoms with Crippen molar-refractivity contribution in [2.24, 2.45) is 5.41 Å². The zero-order valence-electron chi connectivity index (χ0n) is 19.0. The molecule has 1 aliphatic carbocycles. The monoisotopic (exact) mass is 408 g/mol. The standard InChI is InChI=1S/C26H33NO2.H3N/c1-19(11-16-24-21(3)10-7-17-26(24,4)5)8-6-9-20(2)18-25(29)27-22-12-14-23(28)15-13-22;/h6,8-9,11-16,18,28H,7,10,17H2,1-5H3,(H,27,29);1H3/b9-6+,16-11+,19-8+,20-18+;. The smallest absolute Gasteiger partial charge is 0.248 e. The number of carbonyl (C=O) groups excluding carboxylic acids is 1. The van der Waals surface area contributed by atoms with E-state index < -0.39 is 0 Å². The topological polar surface area (TPSA) is 84.3 Å². The van der Waals surface area contributed by atoms with Crippen LogP contribution in [0.4, 0.5) is 5.69 Å². The fourth-order valence-corrected chi connectivity index (χ4v) is 3.61. The van der Waals surface area contributed by atoms with E-state index in [1.54, 1.807) is 30.3 Å². The number of allylic oxidation sites excluding steroid dienone is 9. The second kappa shape index (κ2) is 11.4. The molecule has 2 rings (SSSR count). The number of rotatable bonds is 6. The zero-order valence-corrected chi connectivity index (χ0v) is 19.0. The van der Waals surface area contributed by atoms with Crippen molar-refractivity contribution in [1.82, 2.24) is 6.15 Å². The summed E-state index contributed by atoms with van der Waals surface area (Å²) >= 11 is 0. The first-order valence-corrected chi connectivity index (χ1v) is 10.2. The van der Waals surface area contributed by atoms with Gasteiger partial charge in [0.15, 0.2) is 0 Å². The van der Waals surface area contributed by atoms with E-state index in [2.05, 4.69) is 51.2 Å². The number of aromatic hydroxyl groups is 1. The predicted molar refractivity (Wildman–Crippen MR) is 128 cm³/mol. The average Bonchev–Trinajstić information content (AvgIpc) is 2.62. The SMILES string of the molecule is CC1=C(/C=C/C(C)=C/C=C/C(C)=C/C(=O)Nc2ccc(O)cc2)C(C)(C)CCC1.N. The van der Waals surface area contributed by atoms with E-state index in [-0.39, 0.29) is 23.2 Å². The van der Waals surface area contributed by atoms with Crippen LogP contribution in [0.1, 0.15) is 53.9 Å². The first-order chi connectivity index (χ1) is 13.7. The molecule has 1 aromatic rings. The summed E-state index contributed by atoms with van der Waals surface area (Å²) in [5, 5.41) is 12.1. The molecule has 4 heteroatoms. The van der Waals surface area contributed by atoms with Gasteiger partial charge in [-0.05, 0) is 80.9 Å². The predicted octanol–water partition coefficient (Wildman–Crippen LogP) is 7.02. The fourth-order valence-electron chi connectivity index (χ4n) is 3.61. The summed E-state index contributed by atoms with van der Waals surface area (Å²) in [7, 11) is 0. The Kier molecular flexibility index (Phi) is 9.54. The molecule has 5 N–H and O–H groups in total. The van der Waals surface area contributed by atoms with Gasteiger partial charge < -0.3 is 16.6 Å². The molecule has 0 bridgehead atoms.